The fraction of sp³-hybridized carbons (Fsp3) is 0.179. The maximum Gasteiger partial charge on any atom is 0.163 e. The van der Waals surface area contributed by atoms with Crippen LogP contribution in [-0.2, 0) is 4.79 Å². The van der Waals surface area contributed by atoms with Gasteiger partial charge in [0.15, 0.2) is 5.78 Å². The van der Waals surface area contributed by atoms with Crippen LogP contribution in [0, 0.1) is 6.92 Å². The number of Topliss-reactive ketones (excluding diaryl/α,β-unsaturated/α-hetero) is 1. The van der Waals surface area contributed by atoms with Crippen LogP contribution in [0.25, 0.3) is 10.9 Å². The van der Waals surface area contributed by atoms with Gasteiger partial charge in [-0.2, -0.15) is 0 Å². The Morgan fingerprint density at radius 3 is 2.44 bits per heavy atom. The molecule has 1 aliphatic heterocycles. The molecule has 4 aromatic rings. The lowest BCUT2D eigenvalue weighted by Gasteiger charge is -2.29. The Kier molecular flexibility index (Phi) is 4.39. The highest BCUT2D eigenvalue weighted by Crippen LogP contribution is 2.45. The van der Waals surface area contributed by atoms with Crippen LogP contribution in [0.4, 0.5) is 11.4 Å². The van der Waals surface area contributed by atoms with Crippen molar-refractivity contribution in [3.63, 3.8) is 0 Å². The lowest BCUT2D eigenvalue weighted by molar-refractivity contribution is -0.116. The van der Waals surface area contributed by atoms with Crippen molar-refractivity contribution >= 4 is 28.1 Å². The Balaban J connectivity index is 1.49. The second kappa shape index (κ2) is 7.41. The summed E-state index contributed by atoms with van der Waals surface area (Å²) >= 11 is 0. The van der Waals surface area contributed by atoms with Gasteiger partial charge in [0.2, 0.25) is 0 Å². The van der Waals surface area contributed by atoms with Crippen LogP contribution in [0.1, 0.15) is 41.5 Å². The summed E-state index contributed by atoms with van der Waals surface area (Å²) < 4.78 is 0. The Labute approximate surface area is 187 Å². The topological polar surface area (TPSA) is 56.9 Å². The zero-order valence-electron chi connectivity index (χ0n) is 18.0. The van der Waals surface area contributed by atoms with Crippen molar-refractivity contribution in [2.24, 2.45) is 0 Å². The third-order valence-corrected chi connectivity index (χ3v) is 6.79. The fourth-order valence-corrected chi connectivity index (χ4v) is 5.13. The summed E-state index contributed by atoms with van der Waals surface area (Å²) in [6.07, 6.45) is 3.39. The number of hydrogen-bond acceptors (Lipinski definition) is 3. The van der Waals surface area contributed by atoms with Gasteiger partial charge < -0.3 is 15.6 Å². The van der Waals surface area contributed by atoms with Crippen LogP contribution in [0.15, 0.2) is 90.3 Å². The van der Waals surface area contributed by atoms with Crippen molar-refractivity contribution in [1.82, 2.24) is 4.98 Å². The number of ketones is 1. The average molecular weight is 420 g/mol. The second-order valence-corrected chi connectivity index (χ2v) is 8.87. The predicted octanol–water partition coefficient (Wildman–Crippen LogP) is 6.46. The van der Waals surface area contributed by atoms with Gasteiger partial charge in [0, 0.05) is 40.4 Å². The maximum absolute atomic E-state index is 13.7. The minimum absolute atomic E-state index is 0.184. The lowest BCUT2D eigenvalue weighted by Crippen LogP contribution is -2.26. The van der Waals surface area contributed by atoms with E-state index >= 15 is 0 Å². The van der Waals surface area contributed by atoms with Crippen LogP contribution in [0.3, 0.4) is 0 Å². The quantitative estimate of drug-likeness (QED) is 0.350. The first kappa shape index (κ1) is 18.9. The van der Waals surface area contributed by atoms with Crippen molar-refractivity contribution in [2.45, 2.75) is 31.7 Å². The number of H-pyrrole nitrogens is 1. The largest absolute Gasteiger partial charge is 0.372 e. The van der Waals surface area contributed by atoms with Crippen molar-refractivity contribution in [1.29, 1.82) is 0 Å². The van der Waals surface area contributed by atoms with E-state index in [4.69, 9.17) is 0 Å². The Hall–Kier alpha value is -3.79. The molecule has 2 aliphatic rings. The van der Waals surface area contributed by atoms with Crippen LogP contribution < -0.4 is 10.6 Å². The molecule has 2 atom stereocenters. The molecule has 0 amide bonds. The van der Waals surface area contributed by atoms with Gasteiger partial charge in [-0.15, -0.1) is 0 Å². The van der Waals surface area contributed by atoms with E-state index in [1.807, 2.05) is 30.5 Å². The molecule has 0 radical (unpaired) electrons. The molecule has 2 heterocycles. The monoisotopic (exact) mass is 419 g/mol. The molecule has 1 aliphatic carbocycles. The predicted molar refractivity (Wildman–Crippen MR) is 130 cm³/mol. The molecule has 4 heteroatoms. The van der Waals surface area contributed by atoms with E-state index in [9.17, 15) is 4.79 Å². The molecule has 32 heavy (non-hydrogen) atoms. The van der Waals surface area contributed by atoms with Crippen molar-refractivity contribution < 1.29 is 4.79 Å². The minimum atomic E-state index is -0.205. The van der Waals surface area contributed by atoms with E-state index in [0.717, 1.165) is 45.5 Å². The molecule has 158 valence electrons. The van der Waals surface area contributed by atoms with E-state index in [1.165, 1.54) is 11.1 Å². The highest BCUT2D eigenvalue weighted by molar-refractivity contribution is 6.02. The van der Waals surface area contributed by atoms with Gasteiger partial charge >= 0.3 is 0 Å². The van der Waals surface area contributed by atoms with E-state index in [2.05, 4.69) is 71.1 Å². The molecule has 3 N–H and O–H groups in total. The number of nitrogens with one attached hydrogen (secondary N) is 3. The SMILES string of the molecule is Cc1ccc([C@@H]2CC(=O)C3=C(C2)Nc2ccccc2N[C@H]3c2c[nH]c3ccccc23)cc1. The fourth-order valence-electron chi connectivity index (χ4n) is 5.13. The molecule has 0 spiro atoms. The number of anilines is 2. The maximum atomic E-state index is 13.7. The molecule has 0 unspecified atom stereocenters. The van der Waals surface area contributed by atoms with Gasteiger partial charge in [-0.3, -0.25) is 4.79 Å². The standard InChI is InChI=1S/C28H25N3O/c1-17-10-12-18(13-11-17)19-14-25-27(26(32)15-19)28(31-24-9-5-4-8-23(24)30-25)21-16-29-22-7-3-2-6-20(21)22/h2-13,16,19,28-31H,14-15H2,1H3/t19-,28-/m0/s1. The highest BCUT2D eigenvalue weighted by atomic mass is 16.1. The van der Waals surface area contributed by atoms with Gasteiger partial charge in [-0.1, -0.05) is 60.2 Å². The number of fused-ring (bicyclic) bond motifs is 2. The number of carbonyl (C=O) groups is 1. The van der Waals surface area contributed by atoms with Crippen LogP contribution >= 0.6 is 0 Å². The molecule has 0 saturated heterocycles. The number of para-hydroxylation sites is 3. The molecule has 6 rings (SSSR count). The summed E-state index contributed by atoms with van der Waals surface area (Å²) in [5.74, 6) is 0.392. The number of rotatable bonds is 2. The summed E-state index contributed by atoms with van der Waals surface area (Å²) in [5, 5.41) is 8.46. The zero-order valence-corrected chi connectivity index (χ0v) is 18.0. The normalized spacial score (nSPS) is 20.2. The van der Waals surface area contributed by atoms with Crippen LogP contribution in [-0.4, -0.2) is 10.8 Å². The summed E-state index contributed by atoms with van der Waals surface area (Å²) in [6.45, 7) is 2.09. The van der Waals surface area contributed by atoms with Gasteiger partial charge in [-0.25, -0.2) is 0 Å². The summed E-state index contributed by atoms with van der Waals surface area (Å²) in [7, 11) is 0. The Morgan fingerprint density at radius 2 is 1.59 bits per heavy atom. The first-order valence-electron chi connectivity index (χ1n) is 11.2. The number of benzene rings is 3. The van der Waals surface area contributed by atoms with Gasteiger partial charge in [0.1, 0.15) is 0 Å². The van der Waals surface area contributed by atoms with Crippen molar-refractivity contribution in [2.75, 3.05) is 10.6 Å². The zero-order chi connectivity index (χ0) is 21.7. The number of carbonyl (C=O) groups excluding carboxylic acids is 1. The third-order valence-electron chi connectivity index (χ3n) is 6.79. The second-order valence-electron chi connectivity index (χ2n) is 8.87. The lowest BCUT2D eigenvalue weighted by atomic mass is 9.78. The number of aromatic amines is 1. The summed E-state index contributed by atoms with van der Waals surface area (Å²) in [4.78, 5) is 17.1. The molecule has 0 fully saturated rings. The van der Waals surface area contributed by atoms with Crippen LogP contribution in [0.2, 0.25) is 0 Å². The van der Waals surface area contributed by atoms with Crippen molar-refractivity contribution in [3.8, 4) is 0 Å². The number of aromatic nitrogens is 1. The Morgan fingerprint density at radius 1 is 0.844 bits per heavy atom. The molecule has 1 aromatic heterocycles. The van der Waals surface area contributed by atoms with E-state index < -0.39 is 0 Å². The average Bonchev–Trinajstić information content (AvgIpc) is 3.15. The third kappa shape index (κ3) is 3.11. The number of allylic oxidation sites excluding steroid dienone is 1. The highest BCUT2D eigenvalue weighted by Gasteiger charge is 2.36. The molecule has 0 saturated carbocycles. The van der Waals surface area contributed by atoms with E-state index in [1.54, 1.807) is 0 Å². The summed E-state index contributed by atoms with van der Waals surface area (Å²) in [6, 6.07) is 24.9. The Bertz CT molecular complexity index is 1360. The summed E-state index contributed by atoms with van der Waals surface area (Å²) in [5.41, 5.74) is 8.56. The number of aryl methyl sites for hydroxylation is 1. The minimum Gasteiger partial charge on any atom is -0.372 e. The van der Waals surface area contributed by atoms with E-state index in [0.29, 0.717) is 6.42 Å². The molecule has 3 aromatic carbocycles. The number of hydrogen-bond donors (Lipinski definition) is 3. The molecule has 4 nitrogen and oxygen atoms in total. The van der Waals surface area contributed by atoms with Gasteiger partial charge in [0.05, 0.1) is 17.4 Å². The van der Waals surface area contributed by atoms with Gasteiger partial charge in [-0.05, 0) is 43.0 Å². The first-order valence-corrected chi connectivity index (χ1v) is 11.2. The first-order chi connectivity index (χ1) is 15.7. The molecular weight excluding hydrogens is 394 g/mol. The van der Waals surface area contributed by atoms with Crippen molar-refractivity contribution in [3.05, 3.63) is 107 Å². The smallest absolute Gasteiger partial charge is 0.163 e. The van der Waals surface area contributed by atoms with E-state index in [-0.39, 0.29) is 17.7 Å². The molecule has 0 bridgehead atoms. The van der Waals surface area contributed by atoms with Gasteiger partial charge in [0.25, 0.3) is 0 Å². The molecular formula is C28H25N3O. The van der Waals surface area contributed by atoms with Crippen LogP contribution in [0.5, 0.6) is 0 Å².